The van der Waals surface area contributed by atoms with Crippen molar-refractivity contribution < 1.29 is 22.3 Å². The second-order valence-electron chi connectivity index (χ2n) is 3.52. The van der Waals surface area contributed by atoms with Gasteiger partial charge < -0.3 is 4.74 Å². The Balaban J connectivity index is 3.13. The molecule has 0 aromatic heterocycles. The van der Waals surface area contributed by atoms with Gasteiger partial charge in [0.25, 0.3) is 0 Å². The summed E-state index contributed by atoms with van der Waals surface area (Å²) in [4.78, 5) is 11.2. The number of hydrogen-bond acceptors (Lipinski definition) is 4. The number of ether oxygens (including phenoxy) is 1. The highest BCUT2D eigenvalue weighted by molar-refractivity contribution is 7.92. The SMILES string of the molecule is CCOC(=O)C(C)S(=O)(=O)c1ccc(F)c(Cl)c1. The van der Waals surface area contributed by atoms with Crippen molar-refractivity contribution in [2.24, 2.45) is 0 Å². The van der Waals surface area contributed by atoms with E-state index in [0.29, 0.717) is 0 Å². The van der Waals surface area contributed by atoms with Crippen LogP contribution in [-0.2, 0) is 19.4 Å². The molecule has 0 aliphatic carbocycles. The second-order valence-corrected chi connectivity index (χ2v) is 6.19. The molecule has 100 valence electrons. The van der Waals surface area contributed by atoms with Crippen LogP contribution in [0.2, 0.25) is 5.02 Å². The average molecular weight is 295 g/mol. The molecule has 0 aliphatic rings. The Hall–Kier alpha value is -1.14. The number of carbonyl (C=O) groups excluding carboxylic acids is 1. The fourth-order valence-electron chi connectivity index (χ4n) is 1.24. The van der Waals surface area contributed by atoms with E-state index in [1.54, 1.807) is 6.92 Å². The van der Waals surface area contributed by atoms with Crippen molar-refractivity contribution in [3.63, 3.8) is 0 Å². The van der Waals surface area contributed by atoms with Gasteiger partial charge >= 0.3 is 5.97 Å². The first kappa shape index (κ1) is 14.9. The van der Waals surface area contributed by atoms with Gasteiger partial charge in [0.1, 0.15) is 5.82 Å². The molecule has 0 fully saturated rings. The molecule has 0 heterocycles. The van der Waals surface area contributed by atoms with Crippen LogP contribution in [0.1, 0.15) is 13.8 Å². The minimum Gasteiger partial charge on any atom is -0.465 e. The summed E-state index contributed by atoms with van der Waals surface area (Å²) in [6.07, 6.45) is 0. The van der Waals surface area contributed by atoms with Crippen molar-refractivity contribution in [1.29, 1.82) is 0 Å². The second kappa shape index (κ2) is 5.67. The monoisotopic (exact) mass is 294 g/mol. The summed E-state index contributed by atoms with van der Waals surface area (Å²) in [6, 6.07) is 2.97. The molecule has 1 aromatic carbocycles. The molecule has 7 heteroatoms. The zero-order valence-electron chi connectivity index (χ0n) is 9.81. The number of hydrogen-bond donors (Lipinski definition) is 0. The van der Waals surface area contributed by atoms with Crippen molar-refractivity contribution in [2.45, 2.75) is 24.0 Å². The lowest BCUT2D eigenvalue weighted by Crippen LogP contribution is -2.29. The van der Waals surface area contributed by atoms with Crippen LogP contribution < -0.4 is 0 Å². The molecule has 4 nitrogen and oxygen atoms in total. The summed E-state index contributed by atoms with van der Waals surface area (Å²) in [5, 5.41) is -1.67. The normalized spacial score (nSPS) is 13.1. The van der Waals surface area contributed by atoms with Crippen molar-refractivity contribution in [3.05, 3.63) is 29.0 Å². The highest BCUT2D eigenvalue weighted by Crippen LogP contribution is 2.23. The van der Waals surface area contributed by atoms with Crippen molar-refractivity contribution >= 4 is 27.4 Å². The molecule has 0 radical (unpaired) electrons. The highest BCUT2D eigenvalue weighted by Gasteiger charge is 2.31. The number of benzene rings is 1. The average Bonchev–Trinajstić information content (AvgIpc) is 2.31. The van der Waals surface area contributed by atoms with Gasteiger partial charge in [0.2, 0.25) is 0 Å². The predicted octanol–water partition coefficient (Wildman–Crippen LogP) is 2.20. The first-order valence-electron chi connectivity index (χ1n) is 5.16. The largest absolute Gasteiger partial charge is 0.465 e. The predicted molar refractivity (Wildman–Crippen MR) is 64.7 cm³/mol. The summed E-state index contributed by atoms with van der Waals surface area (Å²) in [7, 11) is -3.93. The number of esters is 1. The van der Waals surface area contributed by atoms with Gasteiger partial charge in [-0.3, -0.25) is 4.79 Å². The maximum absolute atomic E-state index is 12.9. The molecule has 0 aliphatic heterocycles. The maximum Gasteiger partial charge on any atom is 0.324 e. The van der Waals surface area contributed by atoms with Crippen molar-refractivity contribution in [1.82, 2.24) is 0 Å². The van der Waals surface area contributed by atoms with E-state index in [4.69, 9.17) is 11.6 Å². The number of rotatable bonds is 4. The fourth-order valence-corrected chi connectivity index (χ4v) is 2.76. The van der Waals surface area contributed by atoms with E-state index < -0.39 is 26.9 Å². The molecule has 18 heavy (non-hydrogen) atoms. The molecule has 0 saturated carbocycles. The number of sulfone groups is 1. The molecule has 0 amide bonds. The molecule has 1 aromatic rings. The lowest BCUT2D eigenvalue weighted by atomic mass is 10.3. The molecule has 1 atom stereocenters. The van der Waals surface area contributed by atoms with E-state index in [1.807, 2.05) is 0 Å². The van der Waals surface area contributed by atoms with Crippen LogP contribution in [0.5, 0.6) is 0 Å². The van der Waals surface area contributed by atoms with Crippen LogP contribution in [-0.4, -0.2) is 26.2 Å². The van der Waals surface area contributed by atoms with Crippen LogP contribution in [0.15, 0.2) is 23.1 Å². The van der Waals surface area contributed by atoms with Gasteiger partial charge in [-0.05, 0) is 32.0 Å². The Kier molecular flexibility index (Phi) is 4.70. The summed E-state index contributed by atoms with van der Waals surface area (Å²) in [5.74, 6) is -1.57. The third kappa shape index (κ3) is 3.00. The fraction of sp³-hybridized carbons (Fsp3) is 0.364. The zero-order valence-corrected chi connectivity index (χ0v) is 11.4. The Bertz CT molecular complexity index is 556. The number of carbonyl (C=O) groups is 1. The molecule has 0 N–H and O–H groups in total. The summed E-state index contributed by atoms with van der Waals surface area (Å²) < 4.78 is 41.6. The zero-order chi connectivity index (χ0) is 13.9. The van der Waals surface area contributed by atoms with E-state index in [-0.39, 0.29) is 16.5 Å². The summed E-state index contributed by atoms with van der Waals surface area (Å²) >= 11 is 5.51. The van der Waals surface area contributed by atoms with Gasteiger partial charge in [-0.2, -0.15) is 0 Å². The Morgan fingerprint density at radius 1 is 1.50 bits per heavy atom. The van der Waals surface area contributed by atoms with Crippen LogP contribution in [0, 0.1) is 5.82 Å². The van der Waals surface area contributed by atoms with Crippen LogP contribution in [0.3, 0.4) is 0 Å². The van der Waals surface area contributed by atoms with Crippen molar-refractivity contribution in [2.75, 3.05) is 6.61 Å². The van der Waals surface area contributed by atoms with Crippen molar-refractivity contribution in [3.8, 4) is 0 Å². The van der Waals surface area contributed by atoms with E-state index in [0.717, 1.165) is 18.2 Å². The molecule has 1 rings (SSSR count). The summed E-state index contributed by atoms with van der Waals surface area (Å²) in [6.45, 7) is 2.87. The number of halogens is 2. The third-order valence-electron chi connectivity index (χ3n) is 2.30. The molecular formula is C11H12ClFO4S. The van der Waals surface area contributed by atoms with E-state index >= 15 is 0 Å². The first-order chi connectivity index (χ1) is 8.30. The van der Waals surface area contributed by atoms with E-state index in [2.05, 4.69) is 4.74 Å². The molecular weight excluding hydrogens is 283 g/mol. The molecule has 0 bridgehead atoms. The van der Waals surface area contributed by atoms with Gasteiger partial charge in [-0.25, -0.2) is 12.8 Å². The first-order valence-corrected chi connectivity index (χ1v) is 7.08. The molecule has 0 spiro atoms. The van der Waals surface area contributed by atoms with E-state index in [1.165, 1.54) is 6.92 Å². The van der Waals surface area contributed by atoms with E-state index in [9.17, 15) is 17.6 Å². The van der Waals surface area contributed by atoms with Gasteiger partial charge in [0.15, 0.2) is 15.1 Å². The molecule has 1 unspecified atom stereocenters. The van der Waals surface area contributed by atoms with Crippen LogP contribution in [0.4, 0.5) is 4.39 Å². The highest BCUT2D eigenvalue weighted by atomic mass is 35.5. The lowest BCUT2D eigenvalue weighted by molar-refractivity contribution is -0.142. The summed E-state index contributed by atoms with van der Waals surface area (Å²) in [5.41, 5.74) is 0. The Morgan fingerprint density at radius 3 is 2.61 bits per heavy atom. The standard InChI is InChI=1S/C11H12ClFO4S/c1-3-17-11(14)7(2)18(15,16)8-4-5-10(13)9(12)6-8/h4-7H,3H2,1-2H3. The third-order valence-corrected chi connectivity index (χ3v) is 4.63. The Morgan fingerprint density at radius 2 is 2.11 bits per heavy atom. The Labute approximate surface area is 110 Å². The smallest absolute Gasteiger partial charge is 0.324 e. The van der Waals surface area contributed by atoms with Crippen LogP contribution >= 0.6 is 11.6 Å². The van der Waals surface area contributed by atoms with Gasteiger partial charge in [-0.15, -0.1) is 0 Å². The molecule has 0 saturated heterocycles. The lowest BCUT2D eigenvalue weighted by Gasteiger charge is -2.12. The minimum absolute atomic E-state index is 0.0862. The topological polar surface area (TPSA) is 60.4 Å². The maximum atomic E-state index is 12.9. The van der Waals surface area contributed by atoms with Gasteiger partial charge in [0, 0.05) is 0 Å². The van der Waals surface area contributed by atoms with Gasteiger partial charge in [-0.1, -0.05) is 11.6 Å². The quantitative estimate of drug-likeness (QED) is 0.631. The van der Waals surface area contributed by atoms with Crippen LogP contribution in [0.25, 0.3) is 0 Å². The van der Waals surface area contributed by atoms with Gasteiger partial charge in [0.05, 0.1) is 16.5 Å². The minimum atomic E-state index is -3.93.